The van der Waals surface area contributed by atoms with Crippen molar-refractivity contribution in [2.75, 3.05) is 90.0 Å². The van der Waals surface area contributed by atoms with Crippen LogP contribution in [0.3, 0.4) is 0 Å². The van der Waals surface area contributed by atoms with Crippen molar-refractivity contribution in [3.05, 3.63) is 136 Å². The Morgan fingerprint density at radius 1 is 0.588 bits per heavy atom. The number of ether oxygens (including phenoxy) is 6. The highest BCUT2D eigenvalue weighted by molar-refractivity contribution is 14.1. The fraction of sp³-hybridized carbons (Fsp3) is 0.467. The molecule has 0 bridgehead atoms. The minimum absolute atomic E-state index is 0.0790. The van der Waals surface area contributed by atoms with Crippen molar-refractivity contribution in [1.82, 2.24) is 35.5 Å². The van der Waals surface area contributed by atoms with Gasteiger partial charge in [0.2, 0.25) is 5.91 Å². The van der Waals surface area contributed by atoms with E-state index in [1.165, 1.54) is 59.5 Å². The largest absolute Gasteiger partial charge is 0.497 e. The summed E-state index contributed by atoms with van der Waals surface area (Å²) in [6.45, 7) is 16.2. The number of hydrogen-bond donors (Lipinski definition) is 5. The molecule has 0 spiro atoms. The third kappa shape index (κ3) is 17.6. The molecule has 13 rings (SSSR count). The van der Waals surface area contributed by atoms with Crippen LogP contribution in [0.4, 0.5) is 26.0 Å². The van der Waals surface area contributed by atoms with Crippen molar-refractivity contribution in [1.29, 1.82) is 0 Å². The van der Waals surface area contributed by atoms with Crippen LogP contribution in [0, 0.1) is 21.3 Å². The third-order valence-electron chi connectivity index (χ3n) is 18.9. The zero-order valence-corrected chi connectivity index (χ0v) is 59.8. The molecule has 1 saturated carbocycles. The first kappa shape index (κ1) is 72.1. The van der Waals surface area contributed by atoms with Crippen molar-refractivity contribution in [3.63, 3.8) is 0 Å². The number of methoxy groups -OCH3 is 4. The maximum Gasteiger partial charge on any atom is 0.256 e. The number of halogens is 3. The molecule has 8 atom stereocenters. The fourth-order valence-corrected chi connectivity index (χ4v) is 14.7. The molecule has 5 fully saturated rings. The summed E-state index contributed by atoms with van der Waals surface area (Å²) in [5.41, 5.74) is 12.4. The third-order valence-corrected chi connectivity index (χ3v) is 19.7. The van der Waals surface area contributed by atoms with Gasteiger partial charge in [-0.05, 0) is 211 Å². The van der Waals surface area contributed by atoms with Gasteiger partial charge in [0, 0.05) is 126 Å². The molecular formula is C75H96F2IN11O8. The predicted octanol–water partition coefficient (Wildman–Crippen LogP) is 14.3. The van der Waals surface area contributed by atoms with E-state index >= 15 is 4.39 Å². The fourth-order valence-electron chi connectivity index (χ4n) is 14.0. The van der Waals surface area contributed by atoms with Crippen LogP contribution < -0.4 is 55.7 Å². The summed E-state index contributed by atoms with van der Waals surface area (Å²) in [6.07, 6.45) is 12.6. The van der Waals surface area contributed by atoms with Crippen LogP contribution in [-0.4, -0.2) is 136 Å². The summed E-state index contributed by atoms with van der Waals surface area (Å²) < 4.78 is 68.0. The highest BCUT2D eigenvalue weighted by Crippen LogP contribution is 2.40. The minimum Gasteiger partial charge on any atom is -0.497 e. The predicted molar refractivity (Wildman–Crippen MR) is 390 cm³/mol. The zero-order chi connectivity index (χ0) is 68.9. The summed E-state index contributed by atoms with van der Waals surface area (Å²) in [6, 6.07) is 35.5. The SMILES string of the molecule is CCC1CCCCC1NC.COc1cc(OC)c(F)c(-c2ccc3c(I)nn(C4CCCCO4)c3c2)c1.COc1cc(OC)c(F)c(-c2ccc3c(NC(=O)c4ccc(N5C[C@@H](C)N[C@@H](C)C5)cc4)nn(C4CCCCO4)c3c2)c1.C[C@@H]1CN(c2ccc(C(N)=O)cc2)C[C@H](C)N1. The molecular weight excluding hydrogens is 1350 g/mol. The lowest BCUT2D eigenvalue weighted by Gasteiger charge is -2.37. The first-order valence-corrected chi connectivity index (χ1v) is 35.3. The monoisotopic (exact) mass is 1440 g/mol. The van der Waals surface area contributed by atoms with Gasteiger partial charge in [-0.15, -0.1) is 0 Å². The first-order chi connectivity index (χ1) is 46.9. The molecule has 5 aliphatic rings. The number of benzene rings is 6. The number of nitrogens with zero attached hydrogens (tertiary/aromatic N) is 6. The van der Waals surface area contributed by atoms with Gasteiger partial charge in [0.15, 0.2) is 41.4 Å². The van der Waals surface area contributed by atoms with E-state index in [-0.39, 0.29) is 35.8 Å². The molecule has 97 heavy (non-hydrogen) atoms. The van der Waals surface area contributed by atoms with Gasteiger partial charge in [-0.25, -0.2) is 18.1 Å². The number of carbonyl (C=O) groups excluding carboxylic acids is 2. The number of nitrogens with two attached hydrogens (primary N) is 1. The molecule has 6 N–H and O–H groups in total. The average molecular weight is 1440 g/mol. The second-order valence-corrected chi connectivity index (χ2v) is 27.0. The van der Waals surface area contributed by atoms with Crippen molar-refractivity contribution in [2.24, 2.45) is 11.7 Å². The number of nitrogens with one attached hydrogen (secondary N) is 4. The number of anilines is 3. The van der Waals surface area contributed by atoms with E-state index in [1.807, 2.05) is 77.5 Å². The molecule has 4 unspecified atom stereocenters. The molecule has 2 aromatic heterocycles. The van der Waals surface area contributed by atoms with E-state index < -0.39 is 11.6 Å². The lowest BCUT2D eigenvalue weighted by molar-refractivity contribution is -0.0369. The molecule has 2 amide bonds. The first-order valence-electron chi connectivity index (χ1n) is 34.2. The van der Waals surface area contributed by atoms with Crippen molar-refractivity contribution in [2.45, 2.75) is 148 Å². The Bertz CT molecular complexity index is 3900. The van der Waals surface area contributed by atoms with Gasteiger partial charge in [0.05, 0.1) is 39.5 Å². The van der Waals surface area contributed by atoms with E-state index in [2.05, 4.69) is 100 Å². The lowest BCUT2D eigenvalue weighted by Crippen LogP contribution is -2.54. The highest BCUT2D eigenvalue weighted by atomic mass is 127. The Kier molecular flexibility index (Phi) is 25.1. The van der Waals surface area contributed by atoms with Crippen LogP contribution in [0.5, 0.6) is 23.0 Å². The van der Waals surface area contributed by atoms with E-state index in [0.717, 1.165) is 126 Å². The number of piperazine rings is 2. The number of amides is 2. The second-order valence-electron chi connectivity index (χ2n) is 26.0. The molecule has 4 aliphatic heterocycles. The number of carbonyl (C=O) groups is 2. The average Bonchev–Trinajstić information content (AvgIpc) is 1.65. The Hall–Kier alpha value is -7.61. The molecule has 4 saturated heterocycles. The summed E-state index contributed by atoms with van der Waals surface area (Å²) in [5, 5.41) is 24.7. The Labute approximate surface area is 582 Å². The number of hydrogen-bond acceptors (Lipinski definition) is 15. The van der Waals surface area contributed by atoms with Crippen LogP contribution in [-0.2, 0) is 9.47 Å². The molecule has 22 heteroatoms. The van der Waals surface area contributed by atoms with Crippen LogP contribution in [0.1, 0.15) is 138 Å². The number of fused-ring (bicyclic) bond motifs is 2. The van der Waals surface area contributed by atoms with Gasteiger partial charge in [-0.2, -0.15) is 10.2 Å². The van der Waals surface area contributed by atoms with Crippen LogP contribution >= 0.6 is 22.6 Å². The molecule has 6 aromatic carbocycles. The number of primary amides is 1. The van der Waals surface area contributed by atoms with Crippen LogP contribution in [0.25, 0.3) is 44.1 Å². The van der Waals surface area contributed by atoms with Gasteiger partial charge in [-0.3, -0.25) is 9.59 Å². The zero-order valence-electron chi connectivity index (χ0n) is 57.7. The molecule has 19 nitrogen and oxygen atoms in total. The smallest absolute Gasteiger partial charge is 0.256 e. The van der Waals surface area contributed by atoms with Crippen LogP contribution in [0.15, 0.2) is 109 Å². The quantitative estimate of drug-likeness (QED) is 0.0606. The normalized spacial score (nSPS) is 21.8. The van der Waals surface area contributed by atoms with Crippen LogP contribution in [0.2, 0.25) is 0 Å². The summed E-state index contributed by atoms with van der Waals surface area (Å²) in [7, 11) is 8.05. The molecule has 6 heterocycles. The van der Waals surface area contributed by atoms with E-state index in [0.29, 0.717) is 75.9 Å². The van der Waals surface area contributed by atoms with Crippen molar-refractivity contribution in [3.8, 4) is 45.3 Å². The van der Waals surface area contributed by atoms with Crippen molar-refractivity contribution < 1.29 is 46.8 Å². The maximum atomic E-state index is 15.4. The lowest BCUT2D eigenvalue weighted by atomic mass is 9.83. The topological polar surface area (TPSA) is 206 Å². The molecule has 8 aromatic rings. The van der Waals surface area contributed by atoms with Gasteiger partial charge < -0.3 is 65.2 Å². The maximum absolute atomic E-state index is 15.4. The van der Waals surface area contributed by atoms with Crippen molar-refractivity contribution >= 4 is 73.4 Å². The van der Waals surface area contributed by atoms with Gasteiger partial charge in [-0.1, -0.05) is 38.3 Å². The summed E-state index contributed by atoms with van der Waals surface area (Å²) in [5.74, 6) is 1.14. The Balaban J connectivity index is 0.000000160. The standard InChI is InChI=1S/C33H38FN5O4.C20H20FIN2O3.C13H19N3O.C9H19N/c1-20-18-38(19-21(2)35-20)24-11-8-22(9-12-24)33(40)36-32-26-13-10-23(27-16-25(41-3)17-29(42-4)31(27)34)15-28(26)39(37-32)30-7-5-6-14-43-30;1-25-13-10-15(19(21)17(11-13)26-2)12-6-7-14-16(9-12)24(23-20(14)22)18-5-3-4-8-27-18;1-9-7-16(8-10(2)15-9)12-5-3-11(4-6-12)13(14)17;1-3-8-6-4-5-7-9(8)10-2/h8-13,15-17,20-21,30,35H,5-7,14,18-19H2,1-4H3,(H,36,37,40);6-7,9-11,18H,3-5,8H2,1-2H3;3-6,9-10,15H,7-8H2,1-2H3,(H2,14,17);8-10H,3-7H2,1-2H3/t20-,21+,30?;;9-,10+;. The minimum atomic E-state index is -0.482. The number of aromatic nitrogens is 4. The van der Waals surface area contributed by atoms with Gasteiger partial charge >= 0.3 is 0 Å². The Morgan fingerprint density at radius 2 is 1.04 bits per heavy atom. The summed E-state index contributed by atoms with van der Waals surface area (Å²) >= 11 is 2.23. The molecule has 1 aliphatic carbocycles. The number of rotatable bonds is 15. The Morgan fingerprint density at radius 3 is 1.47 bits per heavy atom. The molecule has 0 radical (unpaired) electrons. The van der Waals surface area contributed by atoms with Gasteiger partial charge in [0.1, 0.15) is 15.2 Å². The van der Waals surface area contributed by atoms with E-state index in [4.69, 9.17) is 39.3 Å². The summed E-state index contributed by atoms with van der Waals surface area (Å²) in [4.78, 5) is 29.1. The van der Waals surface area contributed by atoms with E-state index in [9.17, 15) is 14.0 Å². The second kappa shape index (κ2) is 33.8. The molecule has 520 valence electrons. The van der Waals surface area contributed by atoms with Gasteiger partial charge in [0.25, 0.3) is 5.91 Å². The van der Waals surface area contributed by atoms with E-state index in [1.54, 1.807) is 42.1 Å². The highest BCUT2D eigenvalue weighted by Gasteiger charge is 2.28.